The molecule has 0 bridgehead atoms. The molecule has 0 amide bonds. The first-order valence-corrected chi connectivity index (χ1v) is 7.24. The topological polar surface area (TPSA) is 42.8 Å². The van der Waals surface area contributed by atoms with Gasteiger partial charge in [-0.3, -0.25) is 4.99 Å². The summed E-state index contributed by atoms with van der Waals surface area (Å²) < 4.78 is 10.5. The first-order chi connectivity index (χ1) is 9.04. The molecule has 0 saturated heterocycles. The second-order valence-electron chi connectivity index (χ2n) is 5.02. The van der Waals surface area contributed by atoms with Crippen molar-refractivity contribution >= 4 is 22.6 Å². The molecular weight excluding hydrogens is 260 g/mol. The second kappa shape index (κ2) is 5.74. The third-order valence-electron chi connectivity index (χ3n) is 2.99. The molecule has 1 aliphatic heterocycles. The second-order valence-corrected chi connectivity index (χ2v) is 6.11. The summed E-state index contributed by atoms with van der Waals surface area (Å²) in [5.41, 5.74) is 0.978. The van der Waals surface area contributed by atoms with Gasteiger partial charge in [0.1, 0.15) is 0 Å². The smallest absolute Gasteiger partial charge is 0.162 e. The van der Waals surface area contributed by atoms with E-state index in [-0.39, 0.29) is 5.54 Å². The number of thioether (sulfide) groups is 1. The number of hydrogen-bond donors (Lipinski definition) is 1. The molecule has 0 fully saturated rings. The quantitative estimate of drug-likeness (QED) is 0.921. The Kier molecular flexibility index (Phi) is 4.24. The maximum Gasteiger partial charge on any atom is 0.162 e. The van der Waals surface area contributed by atoms with Crippen molar-refractivity contribution in [2.24, 2.45) is 4.99 Å². The van der Waals surface area contributed by atoms with Crippen LogP contribution in [-0.2, 0) is 0 Å². The molecule has 1 aromatic rings. The van der Waals surface area contributed by atoms with Crippen molar-refractivity contribution in [3.63, 3.8) is 0 Å². The average Bonchev–Trinajstić information content (AvgIpc) is 2.37. The molecule has 104 valence electrons. The lowest BCUT2D eigenvalue weighted by molar-refractivity contribution is 0.355. The van der Waals surface area contributed by atoms with Crippen molar-refractivity contribution in [2.45, 2.75) is 25.8 Å². The van der Waals surface area contributed by atoms with Crippen LogP contribution in [0.2, 0.25) is 0 Å². The van der Waals surface area contributed by atoms with Gasteiger partial charge in [-0.1, -0.05) is 11.8 Å². The van der Waals surface area contributed by atoms with Crippen LogP contribution >= 0.6 is 11.8 Å². The summed E-state index contributed by atoms with van der Waals surface area (Å²) in [7, 11) is 3.27. The molecule has 19 heavy (non-hydrogen) atoms. The number of rotatable bonds is 3. The number of aliphatic imine (C=N–C) groups is 1. The van der Waals surface area contributed by atoms with E-state index in [1.54, 1.807) is 26.0 Å². The summed E-state index contributed by atoms with van der Waals surface area (Å²) in [6.07, 6.45) is 1.11. The first kappa shape index (κ1) is 14.1. The maximum absolute atomic E-state index is 5.30. The number of methoxy groups -OCH3 is 2. The highest BCUT2D eigenvalue weighted by Crippen LogP contribution is 2.31. The predicted octanol–water partition coefficient (Wildman–Crippen LogP) is 3.39. The van der Waals surface area contributed by atoms with Gasteiger partial charge in [-0.25, -0.2) is 0 Å². The molecule has 0 saturated carbocycles. The lowest BCUT2D eigenvalue weighted by Gasteiger charge is -2.26. The molecular formula is C14H20N2O2S. The van der Waals surface area contributed by atoms with Crippen LogP contribution in [0.15, 0.2) is 23.2 Å². The Morgan fingerprint density at radius 2 is 1.95 bits per heavy atom. The minimum absolute atomic E-state index is 0.0180. The average molecular weight is 280 g/mol. The molecule has 2 rings (SSSR count). The van der Waals surface area contributed by atoms with Gasteiger partial charge in [0.05, 0.1) is 19.8 Å². The molecule has 1 aliphatic rings. The standard InChI is InChI=1S/C14H20N2O2S/c1-14(2)7-8-19-13(16-14)15-10-5-6-11(17-3)12(9-10)18-4/h5-6,9H,7-8H2,1-4H3,(H,15,16). The number of hydrogen-bond acceptors (Lipinski definition) is 5. The van der Waals surface area contributed by atoms with Crippen LogP contribution in [0.5, 0.6) is 11.5 Å². The highest BCUT2D eigenvalue weighted by molar-refractivity contribution is 8.14. The molecule has 4 nitrogen and oxygen atoms in total. The van der Waals surface area contributed by atoms with E-state index in [0.29, 0.717) is 5.75 Å². The molecule has 1 heterocycles. The molecule has 0 aromatic heterocycles. The Balaban J connectivity index is 2.17. The normalized spacial score (nSPS) is 17.6. The lowest BCUT2D eigenvalue weighted by atomic mass is 10.0. The molecule has 0 radical (unpaired) electrons. The van der Waals surface area contributed by atoms with Crippen molar-refractivity contribution in [1.82, 2.24) is 0 Å². The van der Waals surface area contributed by atoms with Gasteiger partial charge < -0.3 is 14.8 Å². The van der Waals surface area contributed by atoms with Crippen molar-refractivity contribution < 1.29 is 9.47 Å². The third kappa shape index (κ3) is 3.56. The highest BCUT2D eigenvalue weighted by Gasteiger charge is 2.22. The lowest BCUT2D eigenvalue weighted by Crippen LogP contribution is -2.27. The van der Waals surface area contributed by atoms with E-state index in [1.165, 1.54) is 0 Å². The van der Waals surface area contributed by atoms with Gasteiger partial charge in [-0.2, -0.15) is 0 Å². The fourth-order valence-electron chi connectivity index (χ4n) is 1.86. The minimum Gasteiger partial charge on any atom is -0.493 e. The molecule has 0 aliphatic carbocycles. The van der Waals surface area contributed by atoms with Gasteiger partial charge in [-0.15, -0.1) is 0 Å². The van der Waals surface area contributed by atoms with E-state index in [4.69, 9.17) is 14.5 Å². The Morgan fingerprint density at radius 3 is 2.58 bits per heavy atom. The summed E-state index contributed by atoms with van der Waals surface area (Å²) in [4.78, 5) is 4.70. The van der Waals surface area contributed by atoms with Crippen molar-refractivity contribution in [3.05, 3.63) is 18.2 Å². The van der Waals surface area contributed by atoms with Crippen LogP contribution < -0.4 is 14.8 Å². The number of nitrogens with one attached hydrogen (secondary N) is 1. The van der Waals surface area contributed by atoms with Gasteiger partial charge in [0.15, 0.2) is 16.7 Å². The van der Waals surface area contributed by atoms with E-state index in [2.05, 4.69) is 19.2 Å². The molecule has 0 atom stereocenters. The van der Waals surface area contributed by atoms with Gasteiger partial charge in [0.25, 0.3) is 0 Å². The predicted molar refractivity (Wildman–Crippen MR) is 81.8 cm³/mol. The molecule has 1 aromatic carbocycles. The minimum atomic E-state index is 0.0180. The van der Waals surface area contributed by atoms with E-state index in [1.807, 2.05) is 18.2 Å². The number of benzene rings is 1. The van der Waals surface area contributed by atoms with Gasteiger partial charge >= 0.3 is 0 Å². The summed E-state index contributed by atoms with van der Waals surface area (Å²) in [5.74, 6) is 2.53. The fraction of sp³-hybridized carbons (Fsp3) is 0.500. The Hall–Kier alpha value is -1.36. The maximum atomic E-state index is 5.30. The monoisotopic (exact) mass is 280 g/mol. The summed E-state index contributed by atoms with van der Waals surface area (Å²) in [6.45, 7) is 4.31. The van der Waals surface area contributed by atoms with Crippen LogP contribution in [0.4, 0.5) is 5.69 Å². The fourth-order valence-corrected chi connectivity index (χ4v) is 3.16. The number of ether oxygens (including phenoxy) is 2. The first-order valence-electron chi connectivity index (χ1n) is 6.26. The van der Waals surface area contributed by atoms with Crippen LogP contribution in [0.1, 0.15) is 20.3 Å². The molecule has 0 spiro atoms. The number of nitrogens with zero attached hydrogens (tertiary/aromatic N) is 1. The Bertz CT molecular complexity index is 486. The van der Waals surface area contributed by atoms with Crippen LogP contribution in [0, 0.1) is 0 Å². The molecule has 0 unspecified atom stereocenters. The summed E-state index contributed by atoms with van der Waals surface area (Å²) >= 11 is 1.75. The summed E-state index contributed by atoms with van der Waals surface area (Å²) in [6, 6.07) is 5.77. The van der Waals surface area contributed by atoms with Crippen LogP contribution in [-0.4, -0.2) is 30.7 Å². The molecule has 1 N–H and O–H groups in total. The van der Waals surface area contributed by atoms with Gasteiger partial charge in [0.2, 0.25) is 0 Å². The zero-order chi connectivity index (χ0) is 13.9. The van der Waals surface area contributed by atoms with Crippen molar-refractivity contribution in [1.29, 1.82) is 0 Å². The largest absolute Gasteiger partial charge is 0.493 e. The van der Waals surface area contributed by atoms with Crippen LogP contribution in [0.25, 0.3) is 0 Å². The zero-order valence-corrected chi connectivity index (χ0v) is 12.6. The highest BCUT2D eigenvalue weighted by atomic mass is 32.2. The van der Waals surface area contributed by atoms with Gasteiger partial charge in [-0.05, 0) is 32.4 Å². The SMILES string of the molecule is COc1ccc(NC2=NC(C)(C)CCS2)cc1OC. The molecule has 5 heteroatoms. The Morgan fingerprint density at radius 1 is 1.21 bits per heavy atom. The van der Waals surface area contributed by atoms with Crippen LogP contribution in [0.3, 0.4) is 0 Å². The van der Waals surface area contributed by atoms with Crippen molar-refractivity contribution in [2.75, 3.05) is 25.3 Å². The number of amidine groups is 1. The van der Waals surface area contributed by atoms with Crippen molar-refractivity contribution in [3.8, 4) is 11.5 Å². The summed E-state index contributed by atoms with van der Waals surface area (Å²) in [5, 5.41) is 4.30. The van der Waals surface area contributed by atoms with E-state index < -0.39 is 0 Å². The zero-order valence-electron chi connectivity index (χ0n) is 11.8. The third-order valence-corrected chi connectivity index (χ3v) is 3.87. The Labute approximate surface area is 118 Å². The van der Waals surface area contributed by atoms with E-state index in [9.17, 15) is 0 Å². The van der Waals surface area contributed by atoms with Gasteiger partial charge in [0, 0.05) is 17.5 Å². The van der Waals surface area contributed by atoms with E-state index >= 15 is 0 Å². The van der Waals surface area contributed by atoms with E-state index in [0.717, 1.165) is 28.8 Å². The number of anilines is 1.